The number of carboxylic acids is 1. The molecule has 0 fully saturated rings. The Morgan fingerprint density at radius 1 is 1.35 bits per heavy atom. The predicted octanol–water partition coefficient (Wildman–Crippen LogP) is -1.95. The van der Waals surface area contributed by atoms with Crippen LogP contribution in [0.2, 0.25) is 0 Å². The zero-order valence-electron chi connectivity index (χ0n) is 9.99. The molecule has 0 spiro atoms. The number of phenolic OH excluding ortho intramolecular Hbond substituents is 1. The number of halogens is 1. The van der Waals surface area contributed by atoms with E-state index in [0.29, 0.717) is 10.9 Å². The van der Waals surface area contributed by atoms with Gasteiger partial charge in [0.1, 0.15) is 11.5 Å². The third-order valence-corrected chi connectivity index (χ3v) is 2.10. The molecule has 1 rings (SSSR count). The van der Waals surface area contributed by atoms with Crippen molar-refractivity contribution >= 4 is 27.7 Å². The van der Waals surface area contributed by atoms with Gasteiger partial charge >= 0.3 is 29.6 Å². The molecule has 6 heteroatoms. The molecule has 0 saturated heterocycles. The van der Waals surface area contributed by atoms with Crippen molar-refractivity contribution in [3.63, 3.8) is 0 Å². The van der Waals surface area contributed by atoms with E-state index in [9.17, 15) is 4.79 Å². The molecule has 1 aromatic carbocycles. The number of carbonyl (C=O) groups is 2. The second kappa shape index (κ2) is 9.65. The largest absolute Gasteiger partial charge is 1.00 e. The van der Waals surface area contributed by atoms with Crippen molar-refractivity contribution in [1.82, 2.24) is 0 Å². The summed E-state index contributed by atoms with van der Waals surface area (Å²) in [5, 5.41) is 18.0. The van der Waals surface area contributed by atoms with Crippen LogP contribution in [0.5, 0.6) is 5.75 Å². The molecule has 0 saturated carbocycles. The molecule has 0 radical (unpaired) electrons. The van der Waals surface area contributed by atoms with E-state index in [-0.39, 0.29) is 41.1 Å². The Hall–Kier alpha value is -0.360. The van der Waals surface area contributed by atoms with E-state index in [2.05, 4.69) is 15.9 Å². The smallest absolute Gasteiger partial charge is 0.550 e. The number of carbonyl (C=O) groups excluding carboxylic acids is 2. The van der Waals surface area contributed by atoms with Gasteiger partial charge in [-0.1, -0.05) is 6.07 Å². The van der Waals surface area contributed by atoms with Crippen LogP contribution in [0, 0.1) is 0 Å². The molecule has 0 unspecified atom stereocenters. The average molecular weight is 311 g/mol. The number of hydrogen-bond donors (Lipinski definition) is 1. The van der Waals surface area contributed by atoms with Crippen LogP contribution < -0.4 is 34.7 Å². The Labute approximate surface area is 130 Å². The van der Waals surface area contributed by atoms with E-state index in [1.165, 1.54) is 0 Å². The van der Waals surface area contributed by atoms with Gasteiger partial charge in [0, 0.05) is 12.4 Å². The summed E-state index contributed by atoms with van der Waals surface area (Å²) in [6, 6.07) is 5.06. The van der Waals surface area contributed by atoms with Crippen LogP contribution in [0.3, 0.4) is 0 Å². The number of benzene rings is 1. The molecule has 0 aliphatic rings. The molecule has 0 aliphatic heterocycles. The minimum absolute atomic E-state index is 0. The minimum Gasteiger partial charge on any atom is -0.550 e. The van der Waals surface area contributed by atoms with Crippen LogP contribution in [0.15, 0.2) is 22.7 Å². The van der Waals surface area contributed by atoms with Crippen molar-refractivity contribution in [2.24, 2.45) is 0 Å². The first kappa shape index (κ1) is 19.0. The zero-order chi connectivity index (χ0) is 12.7. The average Bonchev–Trinajstić information content (AvgIpc) is 2.09. The van der Waals surface area contributed by atoms with Gasteiger partial charge in [-0.25, -0.2) is 0 Å². The number of hydrogen-bond acceptors (Lipinski definition) is 4. The molecular weight excluding hydrogens is 299 g/mol. The summed E-state index contributed by atoms with van der Waals surface area (Å²) in [5.74, 6) is -0.769. The number of carboxylic acid groups (broad SMARTS) is 1. The van der Waals surface area contributed by atoms with Gasteiger partial charge in [-0.2, -0.15) is 0 Å². The normalized spacial score (nSPS) is 8.41. The van der Waals surface area contributed by atoms with Gasteiger partial charge in [0.2, 0.25) is 0 Å². The molecule has 0 aromatic heterocycles. The number of phenols is 1. The van der Waals surface area contributed by atoms with Gasteiger partial charge < -0.3 is 15.0 Å². The Bertz CT molecular complexity index is 389. The molecule has 0 aliphatic carbocycles. The SMILES string of the molecule is CC(=O)Cc1ccc(O)c(Br)c1.CC(=O)[O-].[Na+]. The number of rotatable bonds is 2. The van der Waals surface area contributed by atoms with Gasteiger partial charge in [-0.05, 0) is 47.5 Å². The molecular formula is C11H12BrNaO4. The van der Waals surface area contributed by atoms with Crippen molar-refractivity contribution in [3.8, 4) is 5.75 Å². The quantitative estimate of drug-likeness (QED) is 0.644. The molecule has 1 N–H and O–H groups in total. The standard InChI is InChI=1S/C9H9BrO2.C2H4O2.Na/c1-6(11)4-7-2-3-9(12)8(10)5-7;1-2(3)4;/h2-3,5,12H,4H2,1H3;1H3,(H,3,4);/q;;+1/p-1. The first-order valence-electron chi connectivity index (χ1n) is 4.47. The summed E-state index contributed by atoms with van der Waals surface area (Å²) < 4.78 is 0.626. The Balaban J connectivity index is 0. The van der Waals surface area contributed by atoms with Crippen LogP contribution in [-0.4, -0.2) is 16.9 Å². The molecule has 17 heavy (non-hydrogen) atoms. The fraction of sp³-hybridized carbons (Fsp3) is 0.273. The Morgan fingerprint density at radius 2 is 1.82 bits per heavy atom. The van der Waals surface area contributed by atoms with E-state index < -0.39 is 5.97 Å². The van der Waals surface area contributed by atoms with Gasteiger partial charge in [0.25, 0.3) is 0 Å². The van der Waals surface area contributed by atoms with Crippen molar-refractivity contribution in [2.75, 3.05) is 0 Å². The molecule has 0 heterocycles. The topological polar surface area (TPSA) is 77.4 Å². The van der Waals surface area contributed by atoms with Gasteiger partial charge in [0.05, 0.1) is 4.47 Å². The third kappa shape index (κ3) is 10.5. The van der Waals surface area contributed by atoms with Crippen LogP contribution >= 0.6 is 15.9 Å². The molecule has 0 amide bonds. The summed E-state index contributed by atoms with van der Waals surface area (Å²) in [6.07, 6.45) is 0.416. The number of Topliss-reactive ketones (excluding diaryl/α,β-unsaturated/α-hetero) is 1. The first-order valence-corrected chi connectivity index (χ1v) is 5.26. The van der Waals surface area contributed by atoms with Crippen LogP contribution in [0.4, 0.5) is 0 Å². The maximum atomic E-state index is 10.7. The van der Waals surface area contributed by atoms with Gasteiger partial charge in [-0.3, -0.25) is 4.79 Å². The van der Waals surface area contributed by atoms with Crippen molar-refractivity contribution in [1.29, 1.82) is 0 Å². The third-order valence-electron chi connectivity index (χ3n) is 1.47. The summed E-state index contributed by atoms with van der Waals surface area (Å²) in [5.41, 5.74) is 0.909. The molecule has 0 atom stereocenters. The van der Waals surface area contributed by atoms with Gasteiger partial charge in [0.15, 0.2) is 0 Å². The monoisotopic (exact) mass is 310 g/mol. The fourth-order valence-corrected chi connectivity index (χ4v) is 1.37. The van der Waals surface area contributed by atoms with Crippen LogP contribution in [0.25, 0.3) is 0 Å². The van der Waals surface area contributed by atoms with Gasteiger partial charge in [-0.15, -0.1) is 0 Å². The summed E-state index contributed by atoms with van der Waals surface area (Å²) in [4.78, 5) is 19.6. The zero-order valence-corrected chi connectivity index (χ0v) is 13.6. The van der Waals surface area contributed by atoms with Crippen molar-refractivity contribution in [2.45, 2.75) is 20.3 Å². The van der Waals surface area contributed by atoms with E-state index >= 15 is 0 Å². The molecule has 88 valence electrons. The van der Waals surface area contributed by atoms with E-state index in [1.807, 2.05) is 0 Å². The maximum absolute atomic E-state index is 10.7. The maximum Gasteiger partial charge on any atom is 1.00 e. The second-order valence-electron chi connectivity index (χ2n) is 3.16. The van der Waals surface area contributed by atoms with E-state index in [1.54, 1.807) is 25.1 Å². The van der Waals surface area contributed by atoms with Crippen molar-refractivity contribution in [3.05, 3.63) is 28.2 Å². The summed E-state index contributed by atoms with van der Waals surface area (Å²) >= 11 is 3.17. The first-order chi connectivity index (χ1) is 7.32. The second-order valence-corrected chi connectivity index (χ2v) is 4.01. The Kier molecular flexibility index (Phi) is 10.8. The molecule has 4 nitrogen and oxygen atoms in total. The Morgan fingerprint density at radius 3 is 2.18 bits per heavy atom. The van der Waals surface area contributed by atoms with E-state index in [4.69, 9.17) is 15.0 Å². The minimum atomic E-state index is -1.08. The number of aliphatic carboxylic acids is 1. The fourth-order valence-electron chi connectivity index (χ4n) is 0.948. The predicted molar refractivity (Wildman–Crippen MR) is 60.9 cm³/mol. The number of ketones is 1. The van der Waals surface area contributed by atoms with Crippen molar-refractivity contribution < 1.29 is 49.4 Å². The van der Waals surface area contributed by atoms with E-state index in [0.717, 1.165) is 12.5 Å². The molecule has 0 bridgehead atoms. The number of aromatic hydroxyl groups is 1. The summed E-state index contributed by atoms with van der Waals surface area (Å²) in [6.45, 7) is 2.51. The van der Waals surface area contributed by atoms with Crippen LogP contribution in [0.1, 0.15) is 19.4 Å². The summed E-state index contributed by atoms with van der Waals surface area (Å²) in [7, 11) is 0. The van der Waals surface area contributed by atoms with Crippen LogP contribution in [-0.2, 0) is 16.0 Å². The molecule has 1 aromatic rings.